The molecule has 2 saturated heterocycles. The van der Waals surface area contributed by atoms with Crippen LogP contribution in [0.1, 0.15) is 102 Å². The molecule has 0 bridgehead atoms. The average molecular weight is 905 g/mol. The summed E-state index contributed by atoms with van der Waals surface area (Å²) in [6.45, 7) is 14.9. The molecule has 2 atom stereocenters. The topological polar surface area (TPSA) is 83.8 Å². The van der Waals surface area contributed by atoms with Gasteiger partial charge in [-0.25, -0.2) is 9.59 Å². The van der Waals surface area contributed by atoms with Crippen molar-refractivity contribution in [3.63, 3.8) is 0 Å². The predicted octanol–water partition coefficient (Wildman–Crippen LogP) is 9.35. The fourth-order valence-electron chi connectivity index (χ4n) is 4.52. The molecule has 0 aromatic rings. The Morgan fingerprint density at radius 3 is 1.63 bits per heavy atom. The third-order valence-electron chi connectivity index (χ3n) is 5.92. The molecule has 0 spiro atoms. The summed E-state index contributed by atoms with van der Waals surface area (Å²) in [7, 11) is 0. The van der Waals surface area contributed by atoms with Gasteiger partial charge in [-0.2, -0.15) is 33.9 Å². The molecule has 251 valence electrons. The van der Waals surface area contributed by atoms with E-state index in [0.29, 0.717) is 0 Å². The quantitative estimate of drug-likeness (QED) is 0.205. The van der Waals surface area contributed by atoms with Crippen molar-refractivity contribution in [3.05, 3.63) is 26.5 Å². The van der Waals surface area contributed by atoms with Crippen molar-refractivity contribution in [1.29, 1.82) is 0 Å². The van der Waals surface area contributed by atoms with E-state index in [1.165, 1.54) is 3.58 Å². The van der Waals surface area contributed by atoms with E-state index in [1.54, 1.807) is 0 Å². The number of hydrogen-bond donors (Lipinski definition) is 0. The van der Waals surface area contributed by atoms with Gasteiger partial charge < -0.3 is 32.1 Å². The minimum absolute atomic E-state index is 0. The zero-order chi connectivity index (χ0) is 28.5. The van der Waals surface area contributed by atoms with Crippen LogP contribution in [-0.2, 0) is 28.0 Å². The summed E-state index contributed by atoms with van der Waals surface area (Å²) >= 11 is 4.46. The Morgan fingerprint density at radius 2 is 1.30 bits per heavy atom. The largest absolute Gasteiger partial charge is 0.444 e. The first-order chi connectivity index (χ1) is 17.8. The van der Waals surface area contributed by atoms with Crippen molar-refractivity contribution < 1.29 is 37.6 Å². The van der Waals surface area contributed by atoms with Crippen molar-refractivity contribution in [2.75, 3.05) is 13.1 Å². The number of hydrogen-bond acceptors (Lipinski definition) is 6. The Hall–Kier alpha value is 0.104. The van der Waals surface area contributed by atoms with Gasteiger partial charge in [-0.15, -0.1) is 0 Å². The second-order valence-corrected chi connectivity index (χ2v) is 14.1. The molecule has 4 aliphatic heterocycles. The maximum atomic E-state index is 12.1. The zero-order valence-corrected chi connectivity index (χ0v) is 33.0. The molecular weight excluding hydrogens is 849 g/mol. The number of nitrogens with zero attached hydrogens (tertiary/aromatic N) is 4. The fraction of sp³-hybridized carbons (Fsp3) is 0.700. The molecule has 43 heavy (non-hydrogen) atoms. The van der Waals surface area contributed by atoms with E-state index in [1.807, 2.05) is 81.2 Å². The van der Waals surface area contributed by atoms with Crippen molar-refractivity contribution >= 4 is 95.8 Å². The number of allylic oxidation sites excluding steroid dienone is 2. The summed E-state index contributed by atoms with van der Waals surface area (Å²) < 4.78 is 14.1. The van der Waals surface area contributed by atoms with E-state index in [2.05, 4.69) is 55.2 Å². The van der Waals surface area contributed by atoms with Gasteiger partial charge >= 0.3 is 12.2 Å². The normalized spacial score (nSPS) is 20.0. The SMILES string of the molecule is C.C.CC(C)(C)OC(=O)N1CCC[C@H]1C1=NC=C(I)C1.CC(C)(C)OC(=O)N1CCC[C@H]1C1=NC=CC1.C[CH-]I.S.S.[V]. The number of ether oxygens (including phenoxy) is 2. The van der Waals surface area contributed by atoms with Crippen molar-refractivity contribution in [3.8, 4) is 0 Å². The van der Waals surface area contributed by atoms with Gasteiger partial charge in [-0.05, 0) is 89.8 Å². The summed E-state index contributed by atoms with van der Waals surface area (Å²) in [4.78, 5) is 36.6. The monoisotopic (exact) mass is 904 g/mol. The van der Waals surface area contributed by atoms with E-state index >= 15 is 0 Å². The van der Waals surface area contributed by atoms with Crippen LogP contribution in [0.5, 0.6) is 0 Å². The number of amides is 2. The maximum Gasteiger partial charge on any atom is 0.410 e. The van der Waals surface area contributed by atoms with Gasteiger partial charge in [-0.3, -0.25) is 24.2 Å². The molecular formula is C30H55I2N4O4S2V-. The molecule has 4 aliphatic rings. The summed E-state index contributed by atoms with van der Waals surface area (Å²) in [6.07, 6.45) is 11.1. The van der Waals surface area contributed by atoms with Gasteiger partial charge in [0.15, 0.2) is 0 Å². The maximum absolute atomic E-state index is 12.1. The molecule has 2 amide bonds. The smallest absolute Gasteiger partial charge is 0.410 e. The van der Waals surface area contributed by atoms with Gasteiger partial charge in [0.05, 0.1) is 12.1 Å². The van der Waals surface area contributed by atoms with Crippen LogP contribution in [-0.4, -0.2) is 69.8 Å². The summed E-state index contributed by atoms with van der Waals surface area (Å²) in [5, 5.41) is 0. The van der Waals surface area contributed by atoms with Crippen LogP contribution >= 0.6 is 72.2 Å². The van der Waals surface area contributed by atoms with Crippen LogP contribution < -0.4 is 0 Å². The van der Waals surface area contributed by atoms with E-state index in [0.717, 1.165) is 63.0 Å². The molecule has 0 saturated carbocycles. The molecule has 1 radical (unpaired) electrons. The van der Waals surface area contributed by atoms with Crippen LogP contribution in [0.15, 0.2) is 32.0 Å². The first-order valence-corrected chi connectivity index (χ1v) is 15.6. The Labute approximate surface area is 315 Å². The molecule has 13 heteroatoms. The molecule has 0 aromatic carbocycles. The number of rotatable bonds is 2. The van der Waals surface area contributed by atoms with Crippen LogP contribution in [0.25, 0.3) is 0 Å². The molecule has 4 heterocycles. The Morgan fingerprint density at radius 1 is 0.884 bits per heavy atom. The Bertz CT molecular complexity index is 967. The van der Waals surface area contributed by atoms with E-state index < -0.39 is 11.2 Å². The Balaban J connectivity index is -0.000000293. The number of carbonyl (C=O) groups excluding carboxylic acids is 2. The first kappa shape index (κ1) is 50.0. The minimum Gasteiger partial charge on any atom is -0.444 e. The van der Waals surface area contributed by atoms with E-state index in [-0.39, 0.29) is 84.7 Å². The minimum atomic E-state index is -0.436. The molecule has 0 unspecified atom stereocenters. The molecule has 0 aromatic heterocycles. The van der Waals surface area contributed by atoms with Gasteiger partial charge in [0.1, 0.15) is 11.2 Å². The van der Waals surface area contributed by atoms with Gasteiger partial charge in [0.2, 0.25) is 0 Å². The van der Waals surface area contributed by atoms with Crippen LogP contribution in [0.3, 0.4) is 0 Å². The van der Waals surface area contributed by atoms with Gasteiger partial charge in [0.25, 0.3) is 0 Å². The van der Waals surface area contributed by atoms with Crippen LogP contribution in [0.4, 0.5) is 9.59 Å². The first-order valence-electron chi connectivity index (χ1n) is 13.3. The van der Waals surface area contributed by atoms with Crippen molar-refractivity contribution in [1.82, 2.24) is 9.80 Å². The van der Waals surface area contributed by atoms with E-state index in [4.69, 9.17) is 9.47 Å². The fourth-order valence-corrected chi connectivity index (χ4v) is 5.05. The summed E-state index contributed by atoms with van der Waals surface area (Å²) in [6, 6.07) is 0.267. The van der Waals surface area contributed by atoms with Gasteiger partial charge in [0, 0.05) is 71.9 Å². The number of halogens is 2. The molecule has 0 N–H and O–H groups in total. The number of aliphatic imine (C=N–C) groups is 2. The molecule has 8 nitrogen and oxygen atoms in total. The van der Waals surface area contributed by atoms with Gasteiger partial charge in [-0.1, -0.05) is 20.9 Å². The van der Waals surface area contributed by atoms with Crippen molar-refractivity contribution in [2.24, 2.45) is 9.98 Å². The Kier molecular flexibility index (Phi) is 27.2. The summed E-state index contributed by atoms with van der Waals surface area (Å²) in [5.74, 6) is 0. The van der Waals surface area contributed by atoms with E-state index in [9.17, 15) is 9.59 Å². The van der Waals surface area contributed by atoms with Crippen LogP contribution in [0, 0.1) is 4.43 Å². The molecule has 4 rings (SSSR count). The molecule has 2 fully saturated rings. The number of carbonyl (C=O) groups is 2. The summed E-state index contributed by atoms with van der Waals surface area (Å²) in [5.41, 5.74) is 1.32. The third-order valence-corrected chi connectivity index (χ3v) is 6.58. The predicted molar refractivity (Wildman–Crippen MR) is 205 cm³/mol. The zero-order valence-electron chi connectivity index (χ0n) is 25.2. The third kappa shape index (κ3) is 17.6. The standard InChI is InChI=1S/C13H19IN2O2.C13H20N2O2.C2H4I.2CH4.2H2S.V/c1-13(2,3)18-12(17)16-6-4-5-11(16)10-7-9(14)8-15-10;1-13(2,3)17-12(16)15-9-5-7-11(15)10-6-4-8-14-10;1-2-3;;;;;/h8,11H,4-7H2,1-3H3;4,8,11H,5-7,9H2,1-3H3;2H,1H3;2*1H4;2*1H2;/q;;-1;;;;;/t2*11-;;;;;;/m00....../s1. The molecule has 0 aliphatic carbocycles. The number of likely N-dealkylation sites (tertiary alicyclic amines) is 2. The second-order valence-electron chi connectivity index (χ2n) is 11.5. The average Bonchev–Trinajstić information content (AvgIpc) is 3.58. The second kappa shape index (κ2) is 23.4. The van der Waals surface area contributed by atoms with Crippen molar-refractivity contribution in [2.45, 2.75) is 125 Å². The van der Waals surface area contributed by atoms with Crippen LogP contribution in [0.2, 0.25) is 0 Å².